The van der Waals surface area contributed by atoms with E-state index in [1.807, 2.05) is 6.07 Å². The number of urea groups is 1. The molecule has 0 bridgehead atoms. The van der Waals surface area contributed by atoms with Crippen molar-refractivity contribution in [1.82, 2.24) is 5.32 Å². The number of benzene rings is 2. The van der Waals surface area contributed by atoms with Crippen LogP contribution in [0.3, 0.4) is 0 Å². The summed E-state index contributed by atoms with van der Waals surface area (Å²) in [4.78, 5) is 24.6. The molecule has 0 unspecified atom stereocenters. The number of hydrogen-bond acceptors (Lipinski definition) is 3. The number of hydrogen-bond donors (Lipinski definition) is 3. The summed E-state index contributed by atoms with van der Waals surface area (Å²) in [6.45, 7) is 0.361. The van der Waals surface area contributed by atoms with Crippen molar-refractivity contribution < 1.29 is 14.0 Å². The van der Waals surface area contributed by atoms with Gasteiger partial charge in [-0.05, 0) is 47.5 Å². The van der Waals surface area contributed by atoms with Gasteiger partial charge in [-0.3, -0.25) is 4.79 Å². The third-order valence-corrected chi connectivity index (χ3v) is 4.77. The SMILES string of the molecule is NC(=O)Nc1ccc(CNC(=O)c2ccc(-c3ccc(F)cc3)s2)cc1. The fourth-order valence-corrected chi connectivity index (χ4v) is 3.27. The third kappa shape index (κ3) is 4.46. The van der Waals surface area contributed by atoms with Crippen molar-refractivity contribution in [2.75, 3.05) is 5.32 Å². The first kappa shape index (κ1) is 17.6. The molecule has 0 aliphatic carbocycles. The number of carbonyl (C=O) groups excluding carboxylic acids is 2. The zero-order valence-electron chi connectivity index (χ0n) is 13.7. The first-order valence-corrected chi connectivity index (χ1v) is 8.62. The molecule has 0 radical (unpaired) electrons. The van der Waals surface area contributed by atoms with Gasteiger partial charge in [-0.25, -0.2) is 9.18 Å². The second-order valence-electron chi connectivity index (χ2n) is 5.54. The third-order valence-electron chi connectivity index (χ3n) is 3.63. The molecule has 1 heterocycles. The second kappa shape index (κ2) is 7.79. The van der Waals surface area contributed by atoms with Crippen LogP contribution in [0, 0.1) is 5.82 Å². The summed E-state index contributed by atoms with van der Waals surface area (Å²) in [5, 5.41) is 5.32. The minimum atomic E-state index is -0.624. The van der Waals surface area contributed by atoms with Crippen molar-refractivity contribution in [2.45, 2.75) is 6.54 Å². The Morgan fingerprint density at radius 2 is 1.65 bits per heavy atom. The number of anilines is 1. The topological polar surface area (TPSA) is 84.2 Å². The van der Waals surface area contributed by atoms with Crippen molar-refractivity contribution in [1.29, 1.82) is 0 Å². The van der Waals surface area contributed by atoms with Gasteiger partial charge in [0.15, 0.2) is 0 Å². The lowest BCUT2D eigenvalue weighted by Gasteiger charge is -2.06. The summed E-state index contributed by atoms with van der Waals surface area (Å²) in [5.41, 5.74) is 7.41. The average Bonchev–Trinajstić information content (AvgIpc) is 3.11. The van der Waals surface area contributed by atoms with Crippen molar-refractivity contribution in [2.24, 2.45) is 5.73 Å². The molecule has 7 heteroatoms. The number of carbonyl (C=O) groups is 2. The predicted molar refractivity (Wildman–Crippen MR) is 101 cm³/mol. The van der Waals surface area contributed by atoms with Gasteiger partial charge in [0.1, 0.15) is 5.82 Å². The summed E-state index contributed by atoms with van der Waals surface area (Å²) in [7, 11) is 0. The van der Waals surface area contributed by atoms with Gasteiger partial charge in [0.2, 0.25) is 0 Å². The highest BCUT2D eigenvalue weighted by atomic mass is 32.1. The van der Waals surface area contributed by atoms with Crippen LogP contribution in [-0.2, 0) is 6.54 Å². The van der Waals surface area contributed by atoms with Gasteiger partial charge in [0.05, 0.1) is 4.88 Å². The minimum Gasteiger partial charge on any atom is -0.351 e. The van der Waals surface area contributed by atoms with Gasteiger partial charge in [0, 0.05) is 17.1 Å². The fraction of sp³-hybridized carbons (Fsp3) is 0.0526. The van der Waals surface area contributed by atoms with Gasteiger partial charge < -0.3 is 16.4 Å². The molecule has 5 nitrogen and oxygen atoms in total. The highest BCUT2D eigenvalue weighted by molar-refractivity contribution is 7.17. The van der Waals surface area contributed by atoms with E-state index in [0.29, 0.717) is 17.1 Å². The van der Waals surface area contributed by atoms with Crippen molar-refractivity contribution in [3.63, 3.8) is 0 Å². The Balaban J connectivity index is 1.60. The van der Waals surface area contributed by atoms with E-state index in [4.69, 9.17) is 5.73 Å². The van der Waals surface area contributed by atoms with E-state index in [-0.39, 0.29) is 11.7 Å². The summed E-state index contributed by atoms with van der Waals surface area (Å²) in [5.74, 6) is -0.469. The summed E-state index contributed by atoms with van der Waals surface area (Å²) >= 11 is 1.35. The molecule has 0 spiro atoms. The molecule has 26 heavy (non-hydrogen) atoms. The van der Waals surface area contributed by atoms with Crippen LogP contribution in [0.1, 0.15) is 15.2 Å². The molecule has 0 fully saturated rings. The van der Waals surface area contributed by atoms with Gasteiger partial charge in [-0.15, -0.1) is 11.3 Å². The Bertz CT molecular complexity index is 921. The van der Waals surface area contributed by atoms with Crippen molar-refractivity contribution in [3.8, 4) is 10.4 Å². The number of thiophene rings is 1. The Morgan fingerprint density at radius 1 is 0.962 bits per heavy atom. The maximum absolute atomic E-state index is 13.0. The minimum absolute atomic E-state index is 0.178. The Morgan fingerprint density at radius 3 is 2.31 bits per heavy atom. The normalized spacial score (nSPS) is 10.3. The molecule has 3 aromatic rings. The zero-order chi connectivity index (χ0) is 18.5. The lowest BCUT2D eigenvalue weighted by molar-refractivity contribution is 0.0955. The summed E-state index contributed by atoms with van der Waals surface area (Å²) in [6, 6.07) is 16.1. The van der Waals surface area contributed by atoms with Crippen molar-refractivity contribution in [3.05, 3.63) is 76.9 Å². The molecule has 0 aliphatic rings. The molecule has 2 aromatic carbocycles. The number of nitrogens with one attached hydrogen (secondary N) is 2. The van der Waals surface area contributed by atoms with Crippen LogP contribution in [0.5, 0.6) is 0 Å². The molecule has 0 saturated carbocycles. The number of rotatable bonds is 5. The van der Waals surface area contributed by atoms with Crippen LogP contribution in [-0.4, -0.2) is 11.9 Å². The van der Waals surface area contributed by atoms with Crippen LogP contribution >= 0.6 is 11.3 Å². The van der Waals surface area contributed by atoms with Gasteiger partial charge in [-0.1, -0.05) is 24.3 Å². The lowest BCUT2D eigenvalue weighted by Crippen LogP contribution is -2.22. The molecule has 3 amide bonds. The maximum atomic E-state index is 13.0. The zero-order valence-corrected chi connectivity index (χ0v) is 14.5. The molecule has 0 atom stereocenters. The molecule has 4 N–H and O–H groups in total. The molecule has 0 saturated heterocycles. The summed E-state index contributed by atoms with van der Waals surface area (Å²) < 4.78 is 13.0. The number of amides is 3. The first-order chi connectivity index (χ1) is 12.5. The first-order valence-electron chi connectivity index (χ1n) is 7.80. The van der Waals surface area contributed by atoms with E-state index in [1.165, 1.54) is 23.5 Å². The molecule has 0 aliphatic heterocycles. The van der Waals surface area contributed by atoms with Gasteiger partial charge >= 0.3 is 6.03 Å². The van der Waals surface area contributed by atoms with E-state index in [1.54, 1.807) is 42.5 Å². The molecule has 1 aromatic heterocycles. The van der Waals surface area contributed by atoms with E-state index >= 15 is 0 Å². The predicted octanol–water partition coefficient (Wildman–Crippen LogP) is 3.97. The van der Waals surface area contributed by atoms with Crippen LogP contribution < -0.4 is 16.4 Å². The van der Waals surface area contributed by atoms with Crippen LogP contribution in [0.15, 0.2) is 60.7 Å². The van der Waals surface area contributed by atoms with E-state index < -0.39 is 6.03 Å². The Labute approximate surface area is 153 Å². The second-order valence-corrected chi connectivity index (χ2v) is 6.62. The quantitative estimate of drug-likeness (QED) is 0.636. The highest BCUT2D eigenvalue weighted by Crippen LogP contribution is 2.28. The summed E-state index contributed by atoms with van der Waals surface area (Å²) in [6.07, 6.45) is 0. The molecular formula is C19H16FN3O2S. The highest BCUT2D eigenvalue weighted by Gasteiger charge is 2.10. The van der Waals surface area contributed by atoms with E-state index in [2.05, 4.69) is 10.6 Å². The number of halogens is 1. The number of nitrogens with two attached hydrogens (primary N) is 1. The maximum Gasteiger partial charge on any atom is 0.316 e. The lowest BCUT2D eigenvalue weighted by atomic mass is 10.2. The molecular weight excluding hydrogens is 353 g/mol. The number of primary amides is 1. The van der Waals surface area contributed by atoms with E-state index in [9.17, 15) is 14.0 Å². The molecule has 3 rings (SSSR count). The van der Waals surface area contributed by atoms with Gasteiger partial charge in [0.25, 0.3) is 5.91 Å². The standard InChI is InChI=1S/C19H16FN3O2S/c20-14-5-3-13(4-6-14)16-9-10-17(26-16)18(24)22-11-12-1-7-15(8-2-12)23-19(21)25/h1-10H,11H2,(H,22,24)(H3,21,23,25). The fourth-order valence-electron chi connectivity index (χ4n) is 2.35. The average molecular weight is 369 g/mol. The van der Waals surface area contributed by atoms with Gasteiger partial charge in [-0.2, -0.15) is 0 Å². The molecule has 132 valence electrons. The smallest absolute Gasteiger partial charge is 0.316 e. The van der Waals surface area contributed by atoms with Crippen LogP contribution in [0.4, 0.5) is 14.9 Å². The largest absolute Gasteiger partial charge is 0.351 e. The van der Waals surface area contributed by atoms with Crippen molar-refractivity contribution >= 4 is 29.0 Å². The van der Waals surface area contributed by atoms with Crippen LogP contribution in [0.2, 0.25) is 0 Å². The van der Waals surface area contributed by atoms with E-state index in [0.717, 1.165) is 16.0 Å². The Kier molecular flexibility index (Phi) is 5.28. The monoisotopic (exact) mass is 369 g/mol. The Hall–Kier alpha value is -3.19. The van der Waals surface area contributed by atoms with Crippen LogP contribution in [0.25, 0.3) is 10.4 Å².